The lowest BCUT2D eigenvalue weighted by molar-refractivity contribution is 0.174. The summed E-state index contributed by atoms with van der Waals surface area (Å²) in [6, 6.07) is 21.7. The van der Waals surface area contributed by atoms with Gasteiger partial charge in [-0.2, -0.15) is 0 Å². The van der Waals surface area contributed by atoms with Crippen LogP contribution in [0.4, 0.5) is 0 Å². The fraction of sp³-hybridized carbons (Fsp3) is 0.172. The van der Waals surface area contributed by atoms with Gasteiger partial charge in [-0.3, -0.25) is 9.36 Å². The summed E-state index contributed by atoms with van der Waals surface area (Å²) in [6.07, 6.45) is 0. The van der Waals surface area contributed by atoms with E-state index in [1.807, 2.05) is 73.0 Å². The number of hydrogen-bond acceptors (Lipinski definition) is 6. The number of aromatic nitrogens is 5. The molecule has 7 rings (SSSR count). The van der Waals surface area contributed by atoms with Crippen molar-refractivity contribution in [2.75, 3.05) is 6.79 Å². The Kier molecular flexibility index (Phi) is 4.75. The molecule has 0 saturated heterocycles. The molecule has 0 bridgehead atoms. The highest BCUT2D eigenvalue weighted by Crippen LogP contribution is 2.34. The first-order valence-corrected chi connectivity index (χ1v) is 12.2. The van der Waals surface area contributed by atoms with E-state index in [9.17, 15) is 4.79 Å². The number of hydrogen-bond donors (Lipinski definition) is 0. The van der Waals surface area contributed by atoms with Gasteiger partial charge < -0.3 is 14.0 Å². The van der Waals surface area contributed by atoms with Gasteiger partial charge in [-0.15, -0.1) is 0 Å². The molecule has 3 aromatic heterocycles. The van der Waals surface area contributed by atoms with Gasteiger partial charge in [0.2, 0.25) is 6.79 Å². The molecular formula is C29H23N5O3. The Balaban J connectivity index is 1.47. The van der Waals surface area contributed by atoms with Crippen LogP contribution < -0.4 is 15.0 Å². The smallest absolute Gasteiger partial charge is 0.265 e. The quantitative estimate of drug-likeness (QED) is 0.356. The van der Waals surface area contributed by atoms with Crippen LogP contribution in [-0.2, 0) is 13.1 Å². The molecule has 6 aromatic rings. The largest absolute Gasteiger partial charge is 0.454 e. The summed E-state index contributed by atoms with van der Waals surface area (Å²) in [4.78, 5) is 28.8. The molecule has 1 aliphatic heterocycles. The zero-order valence-electron chi connectivity index (χ0n) is 20.4. The molecule has 0 saturated carbocycles. The molecule has 0 aliphatic carbocycles. The monoisotopic (exact) mass is 489 g/mol. The lowest BCUT2D eigenvalue weighted by Crippen LogP contribution is -2.24. The van der Waals surface area contributed by atoms with Crippen LogP contribution in [0.5, 0.6) is 11.5 Å². The van der Waals surface area contributed by atoms with Gasteiger partial charge in [0.05, 0.1) is 24.1 Å². The molecule has 0 N–H and O–H groups in total. The summed E-state index contributed by atoms with van der Waals surface area (Å²) in [6.45, 7) is 5.02. The second-order valence-electron chi connectivity index (χ2n) is 9.39. The van der Waals surface area contributed by atoms with Crippen molar-refractivity contribution in [3.63, 3.8) is 0 Å². The molecule has 182 valence electrons. The van der Waals surface area contributed by atoms with Crippen LogP contribution in [0.3, 0.4) is 0 Å². The summed E-state index contributed by atoms with van der Waals surface area (Å²) in [5, 5.41) is 0.478. The third-order valence-electron chi connectivity index (χ3n) is 6.88. The maximum absolute atomic E-state index is 14.0. The second kappa shape index (κ2) is 8.16. The third kappa shape index (κ3) is 3.52. The Morgan fingerprint density at radius 2 is 1.46 bits per heavy atom. The normalized spacial score (nSPS) is 12.7. The first-order chi connectivity index (χ1) is 18.0. The fourth-order valence-electron chi connectivity index (χ4n) is 4.93. The maximum Gasteiger partial charge on any atom is 0.265 e. The van der Waals surface area contributed by atoms with E-state index in [0.717, 1.165) is 27.9 Å². The predicted molar refractivity (Wildman–Crippen MR) is 141 cm³/mol. The SMILES string of the molecule is Cc1ccc(Cn2c(C)nc3c(c2=O)c2nc4ccccc4nc2n3Cc2ccc3c(c2)OCO3)cc1. The standard InChI is InChI=1S/C29H23N5O3/c1-17-7-9-19(10-8-17)14-33-18(2)30-27-25(29(33)35)26-28(32-22-6-4-3-5-21(22)31-26)34(27)15-20-11-12-23-24(13-20)37-16-36-23/h3-13H,14-16H2,1-2H3. The average Bonchev–Trinajstić information content (AvgIpc) is 3.48. The van der Waals surface area contributed by atoms with Gasteiger partial charge in [-0.1, -0.05) is 48.0 Å². The number of aryl methyl sites for hydroxylation is 2. The minimum atomic E-state index is -0.123. The van der Waals surface area contributed by atoms with Crippen molar-refractivity contribution in [3.8, 4) is 11.5 Å². The van der Waals surface area contributed by atoms with E-state index in [0.29, 0.717) is 46.9 Å². The molecule has 0 unspecified atom stereocenters. The Labute approximate surface area is 211 Å². The molecule has 1 aliphatic rings. The first-order valence-electron chi connectivity index (χ1n) is 12.2. The summed E-state index contributed by atoms with van der Waals surface area (Å²) in [7, 11) is 0. The van der Waals surface area contributed by atoms with Gasteiger partial charge in [0.25, 0.3) is 5.56 Å². The molecule has 0 fully saturated rings. The fourth-order valence-corrected chi connectivity index (χ4v) is 4.93. The lowest BCUT2D eigenvalue weighted by atomic mass is 10.1. The predicted octanol–water partition coefficient (Wildman–Crippen LogP) is 4.74. The Hall–Kier alpha value is -4.72. The first kappa shape index (κ1) is 21.6. The van der Waals surface area contributed by atoms with Gasteiger partial charge in [0, 0.05) is 0 Å². The molecule has 8 heteroatoms. The highest BCUT2D eigenvalue weighted by atomic mass is 16.7. The van der Waals surface area contributed by atoms with Crippen LogP contribution in [0.1, 0.15) is 22.5 Å². The van der Waals surface area contributed by atoms with E-state index in [4.69, 9.17) is 24.4 Å². The Bertz CT molecular complexity index is 1900. The molecule has 0 spiro atoms. The van der Waals surface area contributed by atoms with E-state index in [-0.39, 0.29) is 12.4 Å². The lowest BCUT2D eigenvalue weighted by Gasteiger charge is -2.11. The van der Waals surface area contributed by atoms with Crippen molar-refractivity contribution in [1.29, 1.82) is 0 Å². The van der Waals surface area contributed by atoms with Crippen LogP contribution in [0, 0.1) is 13.8 Å². The zero-order chi connectivity index (χ0) is 25.1. The molecule has 0 atom stereocenters. The minimum Gasteiger partial charge on any atom is -0.454 e. The average molecular weight is 490 g/mol. The number of para-hydroxylation sites is 2. The Morgan fingerprint density at radius 1 is 0.757 bits per heavy atom. The van der Waals surface area contributed by atoms with Gasteiger partial charge in [-0.25, -0.2) is 15.0 Å². The van der Waals surface area contributed by atoms with Gasteiger partial charge in [0.1, 0.15) is 16.7 Å². The number of ether oxygens (including phenoxy) is 2. The van der Waals surface area contributed by atoms with Crippen LogP contribution in [0.15, 0.2) is 71.5 Å². The van der Waals surface area contributed by atoms with Crippen molar-refractivity contribution in [2.24, 2.45) is 0 Å². The van der Waals surface area contributed by atoms with E-state index in [2.05, 4.69) is 12.1 Å². The van der Waals surface area contributed by atoms with Crippen LogP contribution in [-0.4, -0.2) is 30.9 Å². The van der Waals surface area contributed by atoms with Gasteiger partial charge in [0.15, 0.2) is 22.8 Å². The molecule has 0 amide bonds. The van der Waals surface area contributed by atoms with E-state index >= 15 is 0 Å². The Morgan fingerprint density at radius 3 is 2.27 bits per heavy atom. The van der Waals surface area contributed by atoms with Crippen LogP contribution >= 0.6 is 0 Å². The van der Waals surface area contributed by atoms with E-state index in [1.165, 1.54) is 5.56 Å². The summed E-state index contributed by atoms with van der Waals surface area (Å²) in [5.41, 5.74) is 6.35. The molecule has 4 heterocycles. The van der Waals surface area contributed by atoms with Crippen molar-refractivity contribution in [3.05, 3.63) is 99.6 Å². The summed E-state index contributed by atoms with van der Waals surface area (Å²) in [5.74, 6) is 2.07. The second-order valence-corrected chi connectivity index (χ2v) is 9.39. The van der Waals surface area contributed by atoms with Crippen LogP contribution in [0.2, 0.25) is 0 Å². The van der Waals surface area contributed by atoms with Crippen molar-refractivity contribution in [1.82, 2.24) is 24.1 Å². The molecule has 3 aromatic carbocycles. The topological polar surface area (TPSA) is 84.1 Å². The molecule has 37 heavy (non-hydrogen) atoms. The third-order valence-corrected chi connectivity index (χ3v) is 6.88. The number of nitrogens with zero attached hydrogens (tertiary/aromatic N) is 5. The van der Waals surface area contributed by atoms with Crippen molar-refractivity contribution >= 4 is 33.2 Å². The highest BCUT2D eigenvalue weighted by Gasteiger charge is 2.22. The zero-order valence-corrected chi connectivity index (χ0v) is 20.4. The van der Waals surface area contributed by atoms with Crippen molar-refractivity contribution < 1.29 is 9.47 Å². The summed E-state index contributed by atoms with van der Waals surface area (Å²) >= 11 is 0. The maximum atomic E-state index is 14.0. The van der Waals surface area contributed by atoms with Crippen LogP contribution in [0.25, 0.3) is 33.2 Å². The van der Waals surface area contributed by atoms with E-state index < -0.39 is 0 Å². The number of fused-ring (bicyclic) bond motifs is 5. The number of benzene rings is 3. The van der Waals surface area contributed by atoms with E-state index in [1.54, 1.807) is 4.57 Å². The highest BCUT2D eigenvalue weighted by molar-refractivity contribution is 6.04. The minimum absolute atomic E-state index is 0.123. The molecule has 0 radical (unpaired) electrons. The van der Waals surface area contributed by atoms with Gasteiger partial charge in [-0.05, 0) is 49.2 Å². The van der Waals surface area contributed by atoms with Gasteiger partial charge >= 0.3 is 0 Å². The summed E-state index contributed by atoms with van der Waals surface area (Å²) < 4.78 is 14.7. The molecular weight excluding hydrogens is 466 g/mol. The number of rotatable bonds is 4. The van der Waals surface area contributed by atoms with Crippen molar-refractivity contribution in [2.45, 2.75) is 26.9 Å². The molecule has 8 nitrogen and oxygen atoms in total.